The molecule has 0 unspecified atom stereocenters. The van der Waals surface area contributed by atoms with E-state index in [0.717, 1.165) is 6.42 Å². The molecule has 0 aliphatic heterocycles. The molecule has 19 heavy (non-hydrogen) atoms. The Labute approximate surface area is 115 Å². The zero-order chi connectivity index (χ0) is 13.9. The summed E-state index contributed by atoms with van der Waals surface area (Å²) in [7, 11) is 0. The highest BCUT2D eigenvalue weighted by atomic mass is 19.1. The summed E-state index contributed by atoms with van der Waals surface area (Å²) in [6.07, 6.45) is 7.30. The number of halogens is 1. The first-order chi connectivity index (χ1) is 9.27. The fraction of sp³-hybridized carbons (Fsp3) is 0.562. The Balaban J connectivity index is 2.19. The molecule has 0 aliphatic carbocycles. The molecule has 104 valence electrons. The predicted molar refractivity (Wildman–Crippen MR) is 74.1 cm³/mol. The smallest absolute Gasteiger partial charge is 0.123 e. The van der Waals surface area contributed by atoms with Crippen molar-refractivity contribution < 1.29 is 9.13 Å². The second-order valence-corrected chi connectivity index (χ2v) is 4.73. The van der Waals surface area contributed by atoms with Gasteiger partial charge in [0.25, 0.3) is 0 Å². The van der Waals surface area contributed by atoms with Gasteiger partial charge in [0.2, 0.25) is 0 Å². The molecule has 0 bridgehead atoms. The van der Waals surface area contributed by atoms with Gasteiger partial charge in [-0.25, -0.2) is 4.39 Å². The lowest BCUT2D eigenvalue weighted by Gasteiger charge is -2.06. The molecule has 0 saturated carbocycles. The van der Waals surface area contributed by atoms with E-state index in [9.17, 15) is 4.39 Å². The molecular formula is C16H22FNO. The van der Waals surface area contributed by atoms with Crippen LogP contribution in [0.1, 0.15) is 56.6 Å². The van der Waals surface area contributed by atoms with E-state index < -0.39 is 0 Å². The summed E-state index contributed by atoms with van der Waals surface area (Å²) >= 11 is 0. The summed E-state index contributed by atoms with van der Waals surface area (Å²) in [5, 5.41) is 8.90. The van der Waals surface area contributed by atoms with E-state index in [1.807, 2.05) is 0 Å². The molecule has 1 aromatic carbocycles. The molecule has 1 aromatic rings. The molecule has 0 atom stereocenters. The van der Waals surface area contributed by atoms with E-state index in [4.69, 9.17) is 10.00 Å². The minimum Gasteiger partial charge on any atom is -0.377 e. The van der Waals surface area contributed by atoms with Crippen LogP contribution in [-0.4, -0.2) is 6.61 Å². The van der Waals surface area contributed by atoms with E-state index in [2.05, 4.69) is 13.0 Å². The van der Waals surface area contributed by atoms with E-state index in [1.54, 1.807) is 0 Å². The Kier molecular flexibility index (Phi) is 7.84. The van der Waals surface area contributed by atoms with Crippen LogP contribution in [0.2, 0.25) is 0 Å². The zero-order valence-corrected chi connectivity index (χ0v) is 11.6. The maximum absolute atomic E-state index is 13.1. The highest BCUT2D eigenvalue weighted by Crippen LogP contribution is 2.12. The lowest BCUT2D eigenvalue weighted by atomic mass is 10.1. The van der Waals surface area contributed by atoms with Crippen molar-refractivity contribution in [2.45, 2.75) is 52.1 Å². The normalized spacial score (nSPS) is 10.4. The number of hydrogen-bond acceptors (Lipinski definition) is 2. The van der Waals surface area contributed by atoms with Gasteiger partial charge < -0.3 is 4.74 Å². The predicted octanol–water partition coefficient (Wildman–Crippen LogP) is 4.57. The second kappa shape index (κ2) is 9.52. The van der Waals surface area contributed by atoms with Gasteiger partial charge in [-0.3, -0.25) is 0 Å². The van der Waals surface area contributed by atoms with Crippen molar-refractivity contribution in [1.82, 2.24) is 0 Å². The molecular weight excluding hydrogens is 241 g/mol. The van der Waals surface area contributed by atoms with Crippen molar-refractivity contribution in [3.05, 3.63) is 35.1 Å². The van der Waals surface area contributed by atoms with Gasteiger partial charge in [-0.05, 0) is 30.2 Å². The van der Waals surface area contributed by atoms with Gasteiger partial charge in [0.15, 0.2) is 0 Å². The van der Waals surface area contributed by atoms with Gasteiger partial charge in [-0.1, -0.05) is 39.0 Å². The van der Waals surface area contributed by atoms with Crippen LogP contribution in [0.25, 0.3) is 0 Å². The Morgan fingerprint density at radius 1 is 1.16 bits per heavy atom. The first-order valence-electron chi connectivity index (χ1n) is 7.04. The van der Waals surface area contributed by atoms with Crippen LogP contribution in [0.5, 0.6) is 0 Å². The number of rotatable bonds is 9. The molecule has 0 aliphatic rings. The summed E-state index contributed by atoms with van der Waals surface area (Å²) in [6.45, 7) is 3.19. The summed E-state index contributed by atoms with van der Waals surface area (Å²) in [5.74, 6) is -0.322. The average Bonchev–Trinajstić information content (AvgIpc) is 2.42. The number of ether oxygens (including phenoxy) is 1. The molecule has 0 heterocycles. The standard InChI is InChI=1S/C16H22FNO/c1-2-3-4-5-6-7-10-19-13-15-11-16(17)9-8-14(15)12-18/h8-9,11H,2-7,10,13H2,1H3. The Morgan fingerprint density at radius 3 is 2.63 bits per heavy atom. The van der Waals surface area contributed by atoms with Gasteiger partial charge in [-0.2, -0.15) is 5.26 Å². The van der Waals surface area contributed by atoms with Crippen LogP contribution < -0.4 is 0 Å². The molecule has 1 rings (SSSR count). The van der Waals surface area contributed by atoms with E-state index in [-0.39, 0.29) is 5.82 Å². The molecule has 0 N–H and O–H groups in total. The lowest BCUT2D eigenvalue weighted by molar-refractivity contribution is 0.116. The molecule has 0 fully saturated rings. The first-order valence-corrected chi connectivity index (χ1v) is 7.04. The third-order valence-corrected chi connectivity index (χ3v) is 3.09. The van der Waals surface area contributed by atoms with Crippen molar-refractivity contribution >= 4 is 0 Å². The molecule has 0 radical (unpaired) electrons. The molecule has 2 nitrogen and oxygen atoms in total. The average molecular weight is 263 g/mol. The van der Waals surface area contributed by atoms with Crippen molar-refractivity contribution in [2.75, 3.05) is 6.61 Å². The van der Waals surface area contributed by atoms with Crippen LogP contribution >= 0.6 is 0 Å². The number of hydrogen-bond donors (Lipinski definition) is 0. The summed E-state index contributed by atoms with van der Waals surface area (Å²) in [5.41, 5.74) is 1.12. The van der Waals surface area contributed by atoms with E-state index in [0.29, 0.717) is 24.3 Å². The maximum atomic E-state index is 13.1. The number of nitriles is 1. The summed E-state index contributed by atoms with van der Waals surface area (Å²) in [6, 6.07) is 6.23. The Bertz CT molecular complexity index is 412. The van der Waals surface area contributed by atoms with Crippen LogP contribution in [0, 0.1) is 17.1 Å². The van der Waals surface area contributed by atoms with E-state index >= 15 is 0 Å². The van der Waals surface area contributed by atoms with Gasteiger partial charge in [0, 0.05) is 6.61 Å². The Hall–Kier alpha value is -1.40. The second-order valence-electron chi connectivity index (χ2n) is 4.73. The summed E-state index contributed by atoms with van der Waals surface area (Å²) in [4.78, 5) is 0. The largest absolute Gasteiger partial charge is 0.377 e. The van der Waals surface area contributed by atoms with Crippen molar-refractivity contribution in [3.8, 4) is 6.07 Å². The van der Waals surface area contributed by atoms with Crippen molar-refractivity contribution in [2.24, 2.45) is 0 Å². The fourth-order valence-electron chi connectivity index (χ4n) is 1.96. The number of unbranched alkanes of at least 4 members (excludes halogenated alkanes) is 5. The maximum Gasteiger partial charge on any atom is 0.123 e. The van der Waals surface area contributed by atoms with Gasteiger partial charge in [0.05, 0.1) is 18.2 Å². The quantitative estimate of drug-likeness (QED) is 0.611. The molecule has 3 heteroatoms. The van der Waals surface area contributed by atoms with Crippen LogP contribution in [0.15, 0.2) is 18.2 Å². The monoisotopic (exact) mass is 263 g/mol. The molecule has 0 aromatic heterocycles. The van der Waals surface area contributed by atoms with Crippen molar-refractivity contribution in [3.63, 3.8) is 0 Å². The number of nitrogens with zero attached hydrogens (tertiary/aromatic N) is 1. The zero-order valence-electron chi connectivity index (χ0n) is 11.6. The van der Waals surface area contributed by atoms with Gasteiger partial charge in [0.1, 0.15) is 5.82 Å². The highest BCUT2D eigenvalue weighted by Gasteiger charge is 2.03. The third kappa shape index (κ3) is 6.35. The fourth-order valence-corrected chi connectivity index (χ4v) is 1.96. The van der Waals surface area contributed by atoms with Crippen LogP contribution in [0.3, 0.4) is 0 Å². The van der Waals surface area contributed by atoms with Gasteiger partial charge >= 0.3 is 0 Å². The van der Waals surface area contributed by atoms with Gasteiger partial charge in [-0.15, -0.1) is 0 Å². The van der Waals surface area contributed by atoms with E-state index in [1.165, 1.54) is 50.3 Å². The summed E-state index contributed by atoms with van der Waals surface area (Å²) < 4.78 is 18.6. The molecule has 0 saturated heterocycles. The Morgan fingerprint density at radius 2 is 1.89 bits per heavy atom. The topological polar surface area (TPSA) is 33.0 Å². The highest BCUT2D eigenvalue weighted by molar-refractivity contribution is 5.37. The number of benzene rings is 1. The van der Waals surface area contributed by atoms with Crippen molar-refractivity contribution in [1.29, 1.82) is 5.26 Å². The first kappa shape index (κ1) is 15.7. The third-order valence-electron chi connectivity index (χ3n) is 3.09. The minimum absolute atomic E-state index is 0.315. The van der Waals surface area contributed by atoms with Crippen LogP contribution in [0.4, 0.5) is 4.39 Å². The molecule has 0 spiro atoms. The lowest BCUT2D eigenvalue weighted by Crippen LogP contribution is -1.98. The SMILES string of the molecule is CCCCCCCCOCc1cc(F)ccc1C#N. The molecule has 0 amide bonds. The minimum atomic E-state index is -0.322. The van der Waals surface area contributed by atoms with Crippen LogP contribution in [-0.2, 0) is 11.3 Å².